The quantitative estimate of drug-likeness (QED) is 0.740. The van der Waals surface area contributed by atoms with Gasteiger partial charge in [0.1, 0.15) is 5.82 Å². The molecule has 0 bridgehead atoms. The molecule has 0 atom stereocenters. The van der Waals surface area contributed by atoms with E-state index in [9.17, 15) is 9.18 Å². The van der Waals surface area contributed by atoms with Gasteiger partial charge in [0.25, 0.3) is 0 Å². The predicted molar refractivity (Wildman–Crippen MR) is 55.8 cm³/mol. The Kier molecular flexibility index (Phi) is 2.22. The van der Waals surface area contributed by atoms with Gasteiger partial charge in [0, 0.05) is 5.41 Å². The molecule has 0 N–H and O–H groups in total. The highest BCUT2D eigenvalue weighted by molar-refractivity contribution is 9.10. The lowest BCUT2D eigenvalue weighted by molar-refractivity contribution is 0.0908. The number of carbonyl (C=O) groups is 1. The molecule has 0 spiro atoms. The summed E-state index contributed by atoms with van der Waals surface area (Å²) in [4.78, 5) is 11.8. The van der Waals surface area contributed by atoms with E-state index in [4.69, 9.17) is 0 Å². The minimum absolute atomic E-state index is 0.0729. The van der Waals surface area contributed by atoms with E-state index in [2.05, 4.69) is 15.9 Å². The number of halogens is 2. The van der Waals surface area contributed by atoms with Gasteiger partial charge in [-0.15, -0.1) is 0 Å². The summed E-state index contributed by atoms with van der Waals surface area (Å²) in [5.74, 6) is -0.512. The molecule has 1 aromatic rings. The molecule has 14 heavy (non-hydrogen) atoms. The van der Waals surface area contributed by atoms with Crippen molar-refractivity contribution in [2.75, 3.05) is 0 Å². The summed E-state index contributed by atoms with van der Waals surface area (Å²) in [5.41, 5.74) is -0.0962. The molecule has 0 aliphatic heterocycles. The number of hydrogen-bond acceptors (Lipinski definition) is 1. The van der Waals surface area contributed by atoms with Crippen LogP contribution >= 0.6 is 15.9 Å². The molecule has 2 rings (SSSR count). The standard InChI is InChI=1S/C11H10BrFO/c1-11(5-6-11)10(14)7-3-2-4-8(12)9(7)13/h2-4H,5-6H2,1H3. The minimum Gasteiger partial charge on any atom is -0.293 e. The number of benzene rings is 1. The second-order valence-corrected chi connectivity index (χ2v) is 4.85. The zero-order valence-electron chi connectivity index (χ0n) is 7.81. The fraction of sp³-hybridized carbons (Fsp3) is 0.364. The van der Waals surface area contributed by atoms with Crippen molar-refractivity contribution in [2.24, 2.45) is 5.41 Å². The van der Waals surface area contributed by atoms with E-state index in [1.165, 1.54) is 0 Å². The molecule has 74 valence electrons. The molecule has 0 radical (unpaired) electrons. The Morgan fingerprint density at radius 2 is 2.14 bits per heavy atom. The molecule has 0 aromatic heterocycles. The number of carbonyl (C=O) groups excluding carboxylic acids is 1. The molecule has 1 aromatic carbocycles. The lowest BCUT2D eigenvalue weighted by Gasteiger charge is -2.08. The Balaban J connectivity index is 2.41. The fourth-order valence-corrected chi connectivity index (χ4v) is 1.79. The van der Waals surface area contributed by atoms with Gasteiger partial charge in [0.05, 0.1) is 10.0 Å². The van der Waals surface area contributed by atoms with Crippen molar-refractivity contribution in [3.63, 3.8) is 0 Å². The van der Waals surface area contributed by atoms with E-state index < -0.39 is 5.82 Å². The van der Waals surface area contributed by atoms with E-state index in [1.807, 2.05) is 6.92 Å². The average molecular weight is 257 g/mol. The smallest absolute Gasteiger partial charge is 0.171 e. The highest BCUT2D eigenvalue weighted by atomic mass is 79.9. The summed E-state index contributed by atoms with van der Waals surface area (Å²) in [6.07, 6.45) is 1.75. The Bertz CT molecular complexity index is 396. The fourth-order valence-electron chi connectivity index (χ4n) is 1.42. The van der Waals surface area contributed by atoms with Gasteiger partial charge in [-0.3, -0.25) is 4.79 Å². The summed E-state index contributed by atoms with van der Waals surface area (Å²) in [7, 11) is 0. The van der Waals surface area contributed by atoms with Crippen LogP contribution in [0.15, 0.2) is 22.7 Å². The van der Waals surface area contributed by atoms with Crippen LogP contribution in [0, 0.1) is 11.2 Å². The van der Waals surface area contributed by atoms with Crippen molar-refractivity contribution in [1.29, 1.82) is 0 Å². The average Bonchev–Trinajstić information content (AvgIpc) is 2.89. The Morgan fingerprint density at radius 1 is 1.50 bits per heavy atom. The first-order valence-electron chi connectivity index (χ1n) is 4.53. The van der Waals surface area contributed by atoms with Crippen molar-refractivity contribution >= 4 is 21.7 Å². The lowest BCUT2D eigenvalue weighted by atomic mass is 9.96. The van der Waals surface area contributed by atoms with Gasteiger partial charge in [-0.25, -0.2) is 4.39 Å². The van der Waals surface area contributed by atoms with E-state index in [0.29, 0.717) is 4.47 Å². The topological polar surface area (TPSA) is 17.1 Å². The number of rotatable bonds is 2. The van der Waals surface area contributed by atoms with Crippen LogP contribution in [-0.4, -0.2) is 5.78 Å². The van der Waals surface area contributed by atoms with Gasteiger partial charge in [-0.05, 0) is 40.9 Å². The largest absolute Gasteiger partial charge is 0.293 e. The zero-order chi connectivity index (χ0) is 10.3. The van der Waals surface area contributed by atoms with Crippen molar-refractivity contribution in [3.8, 4) is 0 Å². The first-order valence-corrected chi connectivity index (χ1v) is 5.33. The van der Waals surface area contributed by atoms with Crippen LogP contribution < -0.4 is 0 Å². The summed E-state index contributed by atoms with van der Waals surface area (Å²) in [6, 6.07) is 4.83. The minimum atomic E-state index is -0.439. The van der Waals surface area contributed by atoms with E-state index >= 15 is 0 Å². The summed E-state index contributed by atoms with van der Waals surface area (Å²) in [6.45, 7) is 1.88. The predicted octanol–water partition coefficient (Wildman–Crippen LogP) is 3.57. The highest BCUT2D eigenvalue weighted by Gasteiger charge is 2.45. The van der Waals surface area contributed by atoms with Gasteiger partial charge in [0.15, 0.2) is 5.78 Å². The van der Waals surface area contributed by atoms with Crippen molar-refractivity contribution in [2.45, 2.75) is 19.8 Å². The van der Waals surface area contributed by atoms with Crippen LogP contribution in [0.3, 0.4) is 0 Å². The maximum Gasteiger partial charge on any atom is 0.171 e. The molecule has 0 unspecified atom stereocenters. The number of hydrogen-bond donors (Lipinski definition) is 0. The number of ketones is 1. The normalized spacial score (nSPS) is 17.9. The first kappa shape index (κ1) is 9.84. The monoisotopic (exact) mass is 256 g/mol. The summed E-state index contributed by atoms with van der Waals surface area (Å²) < 4.78 is 13.9. The maximum atomic E-state index is 13.5. The second kappa shape index (κ2) is 3.16. The van der Waals surface area contributed by atoms with Gasteiger partial charge in [-0.2, -0.15) is 0 Å². The molecule has 0 saturated heterocycles. The van der Waals surface area contributed by atoms with Gasteiger partial charge in [0.2, 0.25) is 0 Å². The van der Waals surface area contributed by atoms with Crippen LogP contribution in [0.25, 0.3) is 0 Å². The third kappa shape index (κ3) is 1.50. The molecule has 0 heterocycles. The van der Waals surface area contributed by atoms with Gasteiger partial charge < -0.3 is 0 Å². The molecule has 1 aliphatic carbocycles. The second-order valence-electron chi connectivity index (χ2n) is 3.99. The molecule has 1 saturated carbocycles. The number of Topliss-reactive ketones (excluding diaryl/α,β-unsaturated/α-hetero) is 1. The molecule has 3 heteroatoms. The SMILES string of the molecule is CC1(C(=O)c2cccc(Br)c2F)CC1. The van der Waals surface area contributed by atoms with Gasteiger partial charge >= 0.3 is 0 Å². The molecular weight excluding hydrogens is 247 g/mol. The van der Waals surface area contributed by atoms with Crippen LogP contribution in [0.1, 0.15) is 30.1 Å². The summed E-state index contributed by atoms with van der Waals surface area (Å²) >= 11 is 3.07. The Hall–Kier alpha value is -0.700. The van der Waals surface area contributed by atoms with E-state index in [0.717, 1.165) is 12.8 Å². The van der Waals surface area contributed by atoms with Crippen LogP contribution in [0.4, 0.5) is 4.39 Å². The van der Waals surface area contributed by atoms with E-state index in [1.54, 1.807) is 18.2 Å². The maximum absolute atomic E-state index is 13.5. The van der Waals surface area contributed by atoms with Crippen molar-refractivity contribution in [3.05, 3.63) is 34.1 Å². The van der Waals surface area contributed by atoms with Crippen LogP contribution in [-0.2, 0) is 0 Å². The summed E-state index contributed by atoms with van der Waals surface area (Å²) in [5, 5.41) is 0. The Labute approximate surface area is 90.4 Å². The van der Waals surface area contributed by atoms with Crippen molar-refractivity contribution < 1.29 is 9.18 Å². The molecule has 0 amide bonds. The van der Waals surface area contributed by atoms with Crippen LogP contribution in [0.5, 0.6) is 0 Å². The first-order chi connectivity index (χ1) is 6.54. The third-order valence-electron chi connectivity index (χ3n) is 2.74. The van der Waals surface area contributed by atoms with Crippen LogP contribution in [0.2, 0.25) is 0 Å². The van der Waals surface area contributed by atoms with E-state index in [-0.39, 0.29) is 16.8 Å². The highest BCUT2D eigenvalue weighted by Crippen LogP contribution is 2.48. The Morgan fingerprint density at radius 3 is 2.71 bits per heavy atom. The molecule has 1 nitrogen and oxygen atoms in total. The van der Waals surface area contributed by atoms with Crippen molar-refractivity contribution in [1.82, 2.24) is 0 Å². The zero-order valence-corrected chi connectivity index (χ0v) is 9.40. The molecule has 1 fully saturated rings. The third-order valence-corrected chi connectivity index (χ3v) is 3.36. The molecular formula is C11H10BrFO. The van der Waals surface area contributed by atoms with Gasteiger partial charge in [-0.1, -0.05) is 13.0 Å². The lowest BCUT2D eigenvalue weighted by Crippen LogP contribution is -2.13. The molecule has 1 aliphatic rings.